The lowest BCUT2D eigenvalue weighted by Crippen LogP contribution is -2.47. The van der Waals surface area contributed by atoms with E-state index in [-0.39, 0.29) is 17.8 Å². The van der Waals surface area contributed by atoms with Crippen LogP contribution in [0.15, 0.2) is 18.2 Å². The molecule has 0 radical (unpaired) electrons. The van der Waals surface area contributed by atoms with Crippen LogP contribution < -0.4 is 0 Å². The summed E-state index contributed by atoms with van der Waals surface area (Å²) in [6.07, 6.45) is 4.28. The van der Waals surface area contributed by atoms with Gasteiger partial charge in [0.2, 0.25) is 5.91 Å². The molecule has 2 heterocycles. The largest absolute Gasteiger partial charge is 0.338 e. The molecule has 0 bridgehead atoms. The van der Waals surface area contributed by atoms with E-state index in [4.69, 9.17) is 11.6 Å². The summed E-state index contributed by atoms with van der Waals surface area (Å²) in [6.45, 7) is 3.96. The van der Waals surface area contributed by atoms with E-state index in [1.807, 2.05) is 4.90 Å². The van der Waals surface area contributed by atoms with Crippen LogP contribution in [0.25, 0.3) is 0 Å². The van der Waals surface area contributed by atoms with Crippen LogP contribution in [0.5, 0.6) is 0 Å². The molecule has 3 rings (SSSR count). The van der Waals surface area contributed by atoms with E-state index in [0.29, 0.717) is 23.2 Å². The van der Waals surface area contributed by atoms with E-state index >= 15 is 0 Å². The van der Waals surface area contributed by atoms with E-state index in [2.05, 4.69) is 4.90 Å². The van der Waals surface area contributed by atoms with Gasteiger partial charge in [-0.1, -0.05) is 17.7 Å². The second-order valence-electron chi connectivity index (χ2n) is 6.30. The Morgan fingerprint density at radius 1 is 1.27 bits per heavy atom. The molecule has 1 aromatic rings. The summed E-state index contributed by atoms with van der Waals surface area (Å²) in [4.78, 5) is 16.1. The lowest BCUT2D eigenvalue weighted by Gasteiger charge is -2.34. The number of hydrogen-bond donors (Lipinski definition) is 0. The predicted octanol–water partition coefficient (Wildman–Crippen LogP) is 3.45. The van der Waals surface area contributed by atoms with Crippen molar-refractivity contribution in [3.8, 4) is 0 Å². The summed E-state index contributed by atoms with van der Waals surface area (Å²) >= 11 is 6.16. The van der Waals surface area contributed by atoms with Gasteiger partial charge in [-0.2, -0.15) is 0 Å². The van der Waals surface area contributed by atoms with Crippen LogP contribution in [0.2, 0.25) is 5.02 Å². The number of carbonyl (C=O) groups is 1. The molecule has 120 valence electrons. The van der Waals surface area contributed by atoms with Crippen molar-refractivity contribution in [2.24, 2.45) is 0 Å². The highest BCUT2D eigenvalue weighted by atomic mass is 35.5. The minimum Gasteiger partial charge on any atom is -0.338 e. The topological polar surface area (TPSA) is 23.6 Å². The quantitative estimate of drug-likeness (QED) is 0.850. The van der Waals surface area contributed by atoms with Crippen molar-refractivity contribution >= 4 is 17.5 Å². The number of nitrogens with zero attached hydrogens (tertiary/aromatic N) is 2. The number of amides is 1. The third-order valence-corrected chi connectivity index (χ3v) is 5.34. The van der Waals surface area contributed by atoms with Crippen molar-refractivity contribution in [2.45, 2.75) is 51.2 Å². The molecule has 2 saturated heterocycles. The second-order valence-corrected chi connectivity index (χ2v) is 6.71. The van der Waals surface area contributed by atoms with Crippen molar-refractivity contribution in [1.29, 1.82) is 0 Å². The van der Waals surface area contributed by atoms with E-state index in [1.54, 1.807) is 19.1 Å². The van der Waals surface area contributed by atoms with Crippen LogP contribution in [0.3, 0.4) is 0 Å². The van der Waals surface area contributed by atoms with Gasteiger partial charge >= 0.3 is 0 Å². The van der Waals surface area contributed by atoms with Crippen molar-refractivity contribution in [3.05, 3.63) is 34.6 Å². The summed E-state index contributed by atoms with van der Waals surface area (Å²) in [5.41, 5.74) is 0.573. The molecule has 2 fully saturated rings. The smallest absolute Gasteiger partial charge is 0.219 e. The molecule has 1 aromatic carbocycles. The second kappa shape index (κ2) is 6.55. The predicted molar refractivity (Wildman–Crippen MR) is 85.3 cm³/mol. The highest BCUT2D eigenvalue weighted by molar-refractivity contribution is 6.31. The number of likely N-dealkylation sites (tertiary alicyclic amines) is 2. The Hall–Kier alpha value is -1.13. The highest BCUT2D eigenvalue weighted by Gasteiger charge is 2.38. The SMILES string of the molecule is CC(=O)N1CCC[C@H]1[C@H]1CCCN1Cc1c(F)cccc1Cl. The fraction of sp³-hybridized carbons (Fsp3) is 0.588. The molecular weight excluding hydrogens is 303 g/mol. The molecule has 1 amide bonds. The molecule has 0 spiro atoms. The van der Waals surface area contributed by atoms with Gasteiger partial charge in [-0.25, -0.2) is 4.39 Å². The van der Waals surface area contributed by atoms with E-state index in [1.165, 1.54) is 6.07 Å². The number of halogens is 2. The van der Waals surface area contributed by atoms with E-state index in [9.17, 15) is 9.18 Å². The van der Waals surface area contributed by atoms with Gasteiger partial charge in [-0.15, -0.1) is 0 Å². The molecule has 22 heavy (non-hydrogen) atoms. The maximum Gasteiger partial charge on any atom is 0.219 e. The molecule has 0 aliphatic carbocycles. The Kier molecular flexibility index (Phi) is 4.69. The highest BCUT2D eigenvalue weighted by Crippen LogP contribution is 2.32. The molecule has 2 atom stereocenters. The minimum absolute atomic E-state index is 0.151. The van der Waals surface area contributed by atoms with Gasteiger partial charge in [0.25, 0.3) is 0 Å². The number of benzene rings is 1. The molecule has 0 N–H and O–H groups in total. The first-order valence-electron chi connectivity index (χ1n) is 8.02. The first kappa shape index (κ1) is 15.8. The molecule has 5 heteroatoms. The molecule has 3 nitrogen and oxygen atoms in total. The Morgan fingerprint density at radius 3 is 2.73 bits per heavy atom. The number of hydrogen-bond acceptors (Lipinski definition) is 2. The Bertz CT molecular complexity index is 545. The summed E-state index contributed by atoms with van der Waals surface area (Å²) < 4.78 is 14.0. The van der Waals surface area contributed by atoms with Crippen molar-refractivity contribution in [3.63, 3.8) is 0 Å². The van der Waals surface area contributed by atoms with Gasteiger partial charge in [0, 0.05) is 42.7 Å². The zero-order valence-electron chi connectivity index (χ0n) is 12.9. The third-order valence-electron chi connectivity index (χ3n) is 4.98. The fourth-order valence-electron chi connectivity index (χ4n) is 3.95. The zero-order valence-corrected chi connectivity index (χ0v) is 13.7. The van der Waals surface area contributed by atoms with Crippen molar-refractivity contribution in [1.82, 2.24) is 9.80 Å². The first-order chi connectivity index (χ1) is 10.6. The van der Waals surface area contributed by atoms with Gasteiger partial charge in [-0.05, 0) is 44.4 Å². The standard InChI is InChI=1S/C17H22ClFN2O/c1-12(22)21-10-4-8-17(21)16-7-3-9-20(16)11-13-14(18)5-2-6-15(13)19/h2,5-6,16-17H,3-4,7-11H2,1H3/t16-,17+/m1/s1. The van der Waals surface area contributed by atoms with E-state index < -0.39 is 0 Å². The molecule has 0 aromatic heterocycles. The Morgan fingerprint density at radius 2 is 2.00 bits per heavy atom. The van der Waals surface area contributed by atoms with Gasteiger partial charge in [0.15, 0.2) is 0 Å². The Labute approximate surface area is 136 Å². The van der Waals surface area contributed by atoms with Crippen molar-refractivity contribution < 1.29 is 9.18 Å². The monoisotopic (exact) mass is 324 g/mol. The summed E-state index contributed by atoms with van der Waals surface area (Å²) in [5, 5.41) is 0.487. The Balaban J connectivity index is 1.77. The lowest BCUT2D eigenvalue weighted by molar-refractivity contribution is -0.130. The third kappa shape index (κ3) is 2.99. The van der Waals surface area contributed by atoms with Crippen LogP contribution in [-0.2, 0) is 11.3 Å². The van der Waals surface area contributed by atoms with Crippen LogP contribution >= 0.6 is 11.6 Å². The van der Waals surface area contributed by atoms with Gasteiger partial charge in [-0.3, -0.25) is 9.69 Å². The fourth-order valence-corrected chi connectivity index (χ4v) is 4.18. The van der Waals surface area contributed by atoms with Crippen LogP contribution in [0.4, 0.5) is 4.39 Å². The normalized spacial score (nSPS) is 25.9. The summed E-state index contributed by atoms with van der Waals surface area (Å²) in [6, 6.07) is 5.43. The van der Waals surface area contributed by atoms with Crippen LogP contribution in [0, 0.1) is 5.82 Å². The minimum atomic E-state index is -0.243. The number of rotatable bonds is 3. The van der Waals surface area contributed by atoms with Crippen LogP contribution in [0.1, 0.15) is 38.2 Å². The van der Waals surface area contributed by atoms with Gasteiger partial charge < -0.3 is 4.90 Å². The average Bonchev–Trinajstić information content (AvgIpc) is 3.11. The molecular formula is C17H22ClFN2O. The molecule has 0 unspecified atom stereocenters. The first-order valence-corrected chi connectivity index (χ1v) is 8.40. The lowest BCUT2D eigenvalue weighted by atomic mass is 10.0. The van der Waals surface area contributed by atoms with Crippen LogP contribution in [-0.4, -0.2) is 40.9 Å². The van der Waals surface area contributed by atoms with Gasteiger partial charge in [0.05, 0.1) is 0 Å². The van der Waals surface area contributed by atoms with Crippen molar-refractivity contribution in [2.75, 3.05) is 13.1 Å². The molecule has 2 aliphatic heterocycles. The maximum atomic E-state index is 14.0. The number of carbonyl (C=O) groups excluding carboxylic acids is 1. The summed E-state index contributed by atoms with van der Waals surface area (Å²) in [7, 11) is 0. The zero-order chi connectivity index (χ0) is 15.7. The average molecular weight is 325 g/mol. The molecule has 2 aliphatic rings. The van der Waals surface area contributed by atoms with Gasteiger partial charge in [0.1, 0.15) is 5.82 Å². The maximum absolute atomic E-state index is 14.0. The summed E-state index contributed by atoms with van der Waals surface area (Å²) in [5.74, 6) is -0.0914. The van der Waals surface area contributed by atoms with E-state index in [0.717, 1.165) is 38.8 Å². The molecule has 0 saturated carbocycles.